The predicted molar refractivity (Wildman–Crippen MR) is 136 cm³/mol. The van der Waals surface area contributed by atoms with Crippen molar-refractivity contribution in [1.29, 1.82) is 0 Å². The van der Waals surface area contributed by atoms with Gasteiger partial charge in [0, 0.05) is 0 Å². The van der Waals surface area contributed by atoms with Gasteiger partial charge in [-0.3, -0.25) is 0 Å². The third-order valence-corrected chi connectivity index (χ3v) is 8.84. The standard InChI is InChI=1S/C30H18Se/c1-2-10-21-19(9-1)20-11-3-4-12-22(20)29-23(21)14-7-15-24(29)25-16-8-18-28-30(25)26-13-5-6-17-27(26)31-28/h1-18H. The van der Waals surface area contributed by atoms with E-state index in [-0.39, 0.29) is 0 Å². The first-order valence-corrected chi connectivity index (χ1v) is 12.3. The van der Waals surface area contributed by atoms with Crippen LogP contribution in [-0.2, 0) is 0 Å². The van der Waals surface area contributed by atoms with Crippen LogP contribution in [0.15, 0.2) is 109 Å². The van der Waals surface area contributed by atoms with Gasteiger partial charge >= 0.3 is 186 Å². The first kappa shape index (κ1) is 17.3. The van der Waals surface area contributed by atoms with E-state index in [9.17, 15) is 0 Å². The fraction of sp³-hybridized carbons (Fsp3) is 0. The van der Waals surface area contributed by atoms with E-state index >= 15 is 0 Å². The summed E-state index contributed by atoms with van der Waals surface area (Å²) in [5.41, 5.74) is 2.69. The molecule has 0 fully saturated rings. The van der Waals surface area contributed by atoms with Crippen LogP contribution in [0.3, 0.4) is 0 Å². The number of hydrogen-bond donors (Lipinski definition) is 0. The van der Waals surface area contributed by atoms with Crippen LogP contribution in [0, 0.1) is 0 Å². The summed E-state index contributed by atoms with van der Waals surface area (Å²) < 4.78 is 2.99. The summed E-state index contributed by atoms with van der Waals surface area (Å²) in [4.78, 5) is 0. The summed E-state index contributed by atoms with van der Waals surface area (Å²) >= 11 is 0.376. The molecule has 0 unspecified atom stereocenters. The quantitative estimate of drug-likeness (QED) is 0.172. The van der Waals surface area contributed by atoms with Gasteiger partial charge in [0.2, 0.25) is 0 Å². The molecule has 144 valence electrons. The summed E-state index contributed by atoms with van der Waals surface area (Å²) in [5, 5.41) is 10.9. The molecule has 0 N–H and O–H groups in total. The van der Waals surface area contributed by atoms with Crippen LogP contribution in [0.25, 0.3) is 62.7 Å². The molecule has 0 aliphatic carbocycles. The van der Waals surface area contributed by atoms with Crippen LogP contribution >= 0.6 is 0 Å². The van der Waals surface area contributed by atoms with E-state index < -0.39 is 0 Å². The third-order valence-electron chi connectivity index (χ3n) is 6.46. The van der Waals surface area contributed by atoms with Crippen LogP contribution in [-0.4, -0.2) is 14.5 Å². The van der Waals surface area contributed by atoms with Crippen molar-refractivity contribution in [3.63, 3.8) is 0 Å². The fourth-order valence-electron chi connectivity index (χ4n) is 5.18. The number of hydrogen-bond acceptors (Lipinski definition) is 0. The number of fused-ring (bicyclic) bond motifs is 9. The van der Waals surface area contributed by atoms with Gasteiger partial charge in [0.25, 0.3) is 0 Å². The minimum atomic E-state index is 0.376. The summed E-state index contributed by atoms with van der Waals surface area (Å²) in [6.07, 6.45) is 0. The van der Waals surface area contributed by atoms with E-state index in [0.717, 1.165) is 0 Å². The first-order chi connectivity index (χ1) is 15.4. The normalized spacial score (nSPS) is 11.9. The molecule has 6 aromatic carbocycles. The second kappa shape index (κ2) is 6.56. The van der Waals surface area contributed by atoms with Crippen molar-refractivity contribution in [3.8, 4) is 11.1 Å². The topological polar surface area (TPSA) is 0 Å². The summed E-state index contributed by atoms with van der Waals surface area (Å²) in [6.45, 7) is 0. The van der Waals surface area contributed by atoms with Crippen molar-refractivity contribution >= 4 is 66.1 Å². The van der Waals surface area contributed by atoms with Crippen molar-refractivity contribution in [2.75, 3.05) is 0 Å². The zero-order valence-corrected chi connectivity index (χ0v) is 18.5. The molecule has 31 heavy (non-hydrogen) atoms. The minimum absolute atomic E-state index is 0.376. The number of benzene rings is 6. The molecule has 1 aromatic heterocycles. The van der Waals surface area contributed by atoms with E-state index in [0.29, 0.717) is 14.5 Å². The van der Waals surface area contributed by atoms with Crippen molar-refractivity contribution in [1.82, 2.24) is 0 Å². The van der Waals surface area contributed by atoms with E-state index in [4.69, 9.17) is 0 Å². The molecule has 0 bridgehead atoms. The second-order valence-corrected chi connectivity index (χ2v) is 10.4. The Morgan fingerprint density at radius 1 is 0.323 bits per heavy atom. The Bertz CT molecular complexity index is 1740. The maximum absolute atomic E-state index is 2.32. The molecular weight excluding hydrogens is 439 g/mol. The molecule has 1 heteroatoms. The summed E-state index contributed by atoms with van der Waals surface area (Å²) in [5.74, 6) is 0. The molecule has 1 heterocycles. The van der Waals surface area contributed by atoms with Crippen LogP contribution < -0.4 is 0 Å². The van der Waals surface area contributed by atoms with Crippen LogP contribution in [0.5, 0.6) is 0 Å². The van der Waals surface area contributed by atoms with Gasteiger partial charge < -0.3 is 0 Å². The molecule has 0 saturated carbocycles. The van der Waals surface area contributed by atoms with E-state index in [2.05, 4.69) is 109 Å². The monoisotopic (exact) mass is 458 g/mol. The van der Waals surface area contributed by atoms with Crippen molar-refractivity contribution in [2.24, 2.45) is 0 Å². The fourth-order valence-corrected chi connectivity index (χ4v) is 7.55. The molecule has 0 spiro atoms. The Hall–Kier alpha value is -3.38. The Labute approximate surface area is 186 Å². The Kier molecular flexibility index (Phi) is 3.66. The molecule has 0 aliphatic heterocycles. The van der Waals surface area contributed by atoms with Gasteiger partial charge in [-0.05, 0) is 0 Å². The summed E-state index contributed by atoms with van der Waals surface area (Å²) in [6, 6.07) is 40.3. The van der Waals surface area contributed by atoms with E-state index in [1.165, 1.54) is 62.7 Å². The molecule has 0 atom stereocenters. The van der Waals surface area contributed by atoms with Gasteiger partial charge in [-0.1, -0.05) is 0 Å². The summed E-state index contributed by atoms with van der Waals surface area (Å²) in [7, 11) is 0. The van der Waals surface area contributed by atoms with Gasteiger partial charge in [0.05, 0.1) is 0 Å². The van der Waals surface area contributed by atoms with Gasteiger partial charge in [0.15, 0.2) is 0 Å². The SMILES string of the molecule is c1ccc2c(c1)[se]c1cccc(-c3cccc4c5ccccc5c5ccccc5c34)c12. The van der Waals surface area contributed by atoms with E-state index in [1.807, 2.05) is 0 Å². The van der Waals surface area contributed by atoms with Gasteiger partial charge in [0.1, 0.15) is 0 Å². The Balaban J connectivity index is 1.74. The van der Waals surface area contributed by atoms with Crippen molar-refractivity contribution in [3.05, 3.63) is 109 Å². The van der Waals surface area contributed by atoms with Crippen LogP contribution in [0.4, 0.5) is 0 Å². The Morgan fingerprint density at radius 2 is 0.774 bits per heavy atom. The number of rotatable bonds is 1. The van der Waals surface area contributed by atoms with Crippen molar-refractivity contribution < 1.29 is 0 Å². The van der Waals surface area contributed by atoms with Crippen LogP contribution in [0.2, 0.25) is 0 Å². The molecule has 7 rings (SSSR count). The second-order valence-electron chi connectivity index (χ2n) is 8.10. The molecule has 0 nitrogen and oxygen atoms in total. The predicted octanol–water partition coefficient (Wildman–Crippen LogP) is 8.18. The molecule has 7 aromatic rings. The zero-order chi connectivity index (χ0) is 20.4. The average molecular weight is 457 g/mol. The van der Waals surface area contributed by atoms with Crippen LogP contribution in [0.1, 0.15) is 0 Å². The van der Waals surface area contributed by atoms with Crippen molar-refractivity contribution in [2.45, 2.75) is 0 Å². The molecule has 0 radical (unpaired) electrons. The molecular formula is C30H18Se. The zero-order valence-electron chi connectivity index (χ0n) is 16.8. The van der Waals surface area contributed by atoms with Gasteiger partial charge in [-0.2, -0.15) is 0 Å². The third kappa shape index (κ3) is 2.42. The Morgan fingerprint density at radius 3 is 1.48 bits per heavy atom. The average Bonchev–Trinajstić information content (AvgIpc) is 3.23. The first-order valence-electron chi connectivity index (χ1n) is 10.6. The van der Waals surface area contributed by atoms with E-state index in [1.54, 1.807) is 0 Å². The molecule has 0 amide bonds. The molecule has 0 aliphatic rings. The van der Waals surface area contributed by atoms with Gasteiger partial charge in [-0.25, -0.2) is 0 Å². The molecule has 0 saturated heterocycles. The van der Waals surface area contributed by atoms with Gasteiger partial charge in [-0.15, -0.1) is 0 Å². The maximum atomic E-state index is 2.32.